The number of halogens is 2. The highest BCUT2D eigenvalue weighted by molar-refractivity contribution is 5.30. The molecular weight excluding hydrogens is 244 g/mol. The third-order valence-electron chi connectivity index (χ3n) is 3.10. The van der Waals surface area contributed by atoms with Crippen molar-refractivity contribution in [1.29, 1.82) is 0 Å². The first-order chi connectivity index (χ1) is 9.08. The smallest absolute Gasteiger partial charge is 0.129 e. The maximum Gasteiger partial charge on any atom is 0.129 e. The summed E-state index contributed by atoms with van der Waals surface area (Å²) in [6.45, 7) is 4.56. The molecule has 1 nitrogen and oxygen atoms in total. The van der Waals surface area contributed by atoms with Gasteiger partial charge in [-0.2, -0.15) is 0 Å². The SMILES string of the molecule is Cc1cc(CNCc2ccccc2F)cc(C)c1F. The van der Waals surface area contributed by atoms with Crippen molar-refractivity contribution >= 4 is 0 Å². The first kappa shape index (κ1) is 13.7. The van der Waals surface area contributed by atoms with Gasteiger partial charge in [-0.25, -0.2) is 8.78 Å². The fraction of sp³-hybridized carbons (Fsp3) is 0.250. The maximum absolute atomic E-state index is 13.5. The summed E-state index contributed by atoms with van der Waals surface area (Å²) in [5, 5.41) is 3.17. The van der Waals surface area contributed by atoms with E-state index in [0.29, 0.717) is 29.8 Å². The maximum atomic E-state index is 13.5. The summed E-state index contributed by atoms with van der Waals surface area (Å²) in [5.41, 5.74) is 2.93. The zero-order valence-corrected chi connectivity index (χ0v) is 11.1. The topological polar surface area (TPSA) is 12.0 Å². The Balaban J connectivity index is 1.98. The summed E-state index contributed by atoms with van der Waals surface area (Å²) in [6, 6.07) is 10.3. The Morgan fingerprint density at radius 2 is 1.58 bits per heavy atom. The van der Waals surface area contributed by atoms with Gasteiger partial charge in [0.15, 0.2) is 0 Å². The summed E-state index contributed by atoms with van der Waals surface area (Å²) in [4.78, 5) is 0. The van der Waals surface area contributed by atoms with Gasteiger partial charge in [-0.1, -0.05) is 30.3 Å². The van der Waals surface area contributed by atoms with E-state index in [1.54, 1.807) is 26.0 Å². The second-order valence-corrected chi connectivity index (χ2v) is 4.74. The average Bonchev–Trinajstić information content (AvgIpc) is 2.38. The van der Waals surface area contributed by atoms with Gasteiger partial charge in [0.1, 0.15) is 11.6 Å². The highest BCUT2D eigenvalue weighted by Gasteiger charge is 2.05. The molecule has 0 aromatic heterocycles. The van der Waals surface area contributed by atoms with E-state index in [1.807, 2.05) is 18.2 Å². The first-order valence-corrected chi connectivity index (χ1v) is 6.27. The summed E-state index contributed by atoms with van der Waals surface area (Å²) >= 11 is 0. The highest BCUT2D eigenvalue weighted by atomic mass is 19.1. The van der Waals surface area contributed by atoms with E-state index in [9.17, 15) is 8.78 Å². The van der Waals surface area contributed by atoms with Crippen LogP contribution < -0.4 is 5.32 Å². The Labute approximate surface area is 112 Å². The van der Waals surface area contributed by atoms with Crippen molar-refractivity contribution in [2.45, 2.75) is 26.9 Å². The molecule has 2 aromatic rings. The first-order valence-electron chi connectivity index (χ1n) is 6.27. The Hall–Kier alpha value is -1.74. The molecular formula is C16H17F2N. The van der Waals surface area contributed by atoms with Crippen molar-refractivity contribution in [3.8, 4) is 0 Å². The van der Waals surface area contributed by atoms with Crippen molar-refractivity contribution in [3.63, 3.8) is 0 Å². The molecule has 2 rings (SSSR count). The fourth-order valence-electron chi connectivity index (χ4n) is 2.12. The van der Waals surface area contributed by atoms with Gasteiger partial charge in [-0.3, -0.25) is 0 Å². The Kier molecular flexibility index (Phi) is 4.27. The number of rotatable bonds is 4. The van der Waals surface area contributed by atoms with Gasteiger partial charge in [-0.05, 0) is 36.6 Å². The van der Waals surface area contributed by atoms with Crippen LogP contribution in [0, 0.1) is 25.5 Å². The van der Waals surface area contributed by atoms with E-state index in [1.165, 1.54) is 6.07 Å². The van der Waals surface area contributed by atoms with Crippen LogP contribution in [0.5, 0.6) is 0 Å². The summed E-state index contributed by atoms with van der Waals surface area (Å²) in [5.74, 6) is -0.362. The number of hydrogen-bond acceptors (Lipinski definition) is 1. The van der Waals surface area contributed by atoms with Crippen LogP contribution in [0.15, 0.2) is 36.4 Å². The molecule has 0 unspecified atom stereocenters. The molecule has 3 heteroatoms. The second kappa shape index (κ2) is 5.93. The van der Waals surface area contributed by atoms with Crippen molar-refractivity contribution < 1.29 is 8.78 Å². The molecule has 100 valence electrons. The van der Waals surface area contributed by atoms with E-state index in [0.717, 1.165) is 5.56 Å². The van der Waals surface area contributed by atoms with E-state index in [4.69, 9.17) is 0 Å². The minimum absolute atomic E-state index is 0.155. The Morgan fingerprint density at radius 3 is 2.21 bits per heavy atom. The predicted octanol–water partition coefficient (Wildman–Crippen LogP) is 3.87. The fourth-order valence-corrected chi connectivity index (χ4v) is 2.12. The van der Waals surface area contributed by atoms with Gasteiger partial charge in [0, 0.05) is 18.7 Å². The molecule has 0 amide bonds. The van der Waals surface area contributed by atoms with Crippen LogP contribution in [-0.4, -0.2) is 0 Å². The van der Waals surface area contributed by atoms with Crippen LogP contribution in [0.1, 0.15) is 22.3 Å². The third kappa shape index (κ3) is 3.38. The zero-order chi connectivity index (χ0) is 13.8. The van der Waals surface area contributed by atoms with Crippen LogP contribution in [0.25, 0.3) is 0 Å². The lowest BCUT2D eigenvalue weighted by molar-refractivity contribution is 0.586. The Morgan fingerprint density at radius 1 is 0.947 bits per heavy atom. The van der Waals surface area contributed by atoms with Crippen LogP contribution in [0.2, 0.25) is 0 Å². The molecule has 1 N–H and O–H groups in total. The van der Waals surface area contributed by atoms with E-state index in [-0.39, 0.29) is 11.6 Å². The molecule has 0 atom stereocenters. The Bertz CT molecular complexity index is 556. The van der Waals surface area contributed by atoms with E-state index in [2.05, 4.69) is 5.32 Å². The molecule has 0 aliphatic heterocycles. The van der Waals surface area contributed by atoms with Crippen LogP contribution in [-0.2, 0) is 13.1 Å². The lowest BCUT2D eigenvalue weighted by Gasteiger charge is -2.09. The van der Waals surface area contributed by atoms with Gasteiger partial charge < -0.3 is 5.32 Å². The predicted molar refractivity (Wildman–Crippen MR) is 72.8 cm³/mol. The molecule has 0 spiro atoms. The van der Waals surface area contributed by atoms with Crippen LogP contribution >= 0.6 is 0 Å². The monoisotopic (exact) mass is 261 g/mol. The average molecular weight is 261 g/mol. The normalized spacial score (nSPS) is 10.7. The van der Waals surface area contributed by atoms with Gasteiger partial charge >= 0.3 is 0 Å². The molecule has 0 radical (unpaired) electrons. The largest absolute Gasteiger partial charge is 0.309 e. The van der Waals surface area contributed by atoms with Crippen LogP contribution in [0.4, 0.5) is 8.78 Å². The molecule has 0 aliphatic carbocycles. The third-order valence-corrected chi connectivity index (χ3v) is 3.10. The molecule has 0 bridgehead atoms. The number of aryl methyl sites for hydroxylation is 2. The number of nitrogens with one attached hydrogen (secondary N) is 1. The minimum atomic E-state index is -0.207. The van der Waals surface area contributed by atoms with Gasteiger partial charge in [0.25, 0.3) is 0 Å². The van der Waals surface area contributed by atoms with E-state index >= 15 is 0 Å². The molecule has 0 aliphatic rings. The second-order valence-electron chi connectivity index (χ2n) is 4.74. The van der Waals surface area contributed by atoms with Gasteiger partial charge in [0.2, 0.25) is 0 Å². The summed E-state index contributed by atoms with van der Waals surface area (Å²) in [7, 11) is 0. The number of hydrogen-bond donors (Lipinski definition) is 1. The summed E-state index contributed by atoms with van der Waals surface area (Å²) < 4.78 is 26.9. The zero-order valence-electron chi connectivity index (χ0n) is 11.1. The van der Waals surface area contributed by atoms with Crippen LogP contribution in [0.3, 0.4) is 0 Å². The molecule has 0 heterocycles. The van der Waals surface area contributed by atoms with E-state index < -0.39 is 0 Å². The summed E-state index contributed by atoms with van der Waals surface area (Å²) in [6.07, 6.45) is 0. The van der Waals surface area contributed by atoms with Gasteiger partial charge in [0.05, 0.1) is 0 Å². The van der Waals surface area contributed by atoms with Crippen molar-refractivity contribution in [2.75, 3.05) is 0 Å². The lowest BCUT2D eigenvalue weighted by Crippen LogP contribution is -2.14. The minimum Gasteiger partial charge on any atom is -0.309 e. The van der Waals surface area contributed by atoms with Crippen molar-refractivity contribution in [2.24, 2.45) is 0 Å². The molecule has 0 fully saturated rings. The highest BCUT2D eigenvalue weighted by Crippen LogP contribution is 2.15. The quantitative estimate of drug-likeness (QED) is 0.881. The van der Waals surface area contributed by atoms with Crippen molar-refractivity contribution in [3.05, 3.63) is 70.3 Å². The molecule has 0 saturated heterocycles. The standard InChI is InChI=1S/C16H17F2N/c1-11-7-13(8-12(2)16(11)18)9-19-10-14-5-3-4-6-15(14)17/h3-8,19H,9-10H2,1-2H3. The van der Waals surface area contributed by atoms with Crippen molar-refractivity contribution in [1.82, 2.24) is 5.32 Å². The molecule has 0 saturated carbocycles. The molecule has 19 heavy (non-hydrogen) atoms. The lowest BCUT2D eigenvalue weighted by atomic mass is 10.1. The molecule has 2 aromatic carbocycles. The number of benzene rings is 2. The van der Waals surface area contributed by atoms with Gasteiger partial charge in [-0.15, -0.1) is 0 Å².